The van der Waals surface area contributed by atoms with Gasteiger partial charge in [0.15, 0.2) is 5.96 Å². The van der Waals surface area contributed by atoms with Gasteiger partial charge in [-0.05, 0) is 11.4 Å². The maximum atomic E-state index is 4.90. The molecule has 138 valence electrons. The predicted octanol–water partition coefficient (Wildman–Crippen LogP) is 2.85. The quantitative estimate of drug-likeness (QED) is 0.410. The fraction of sp³-hybridized carbons (Fsp3) is 0.529. The molecule has 3 heterocycles. The van der Waals surface area contributed by atoms with Crippen molar-refractivity contribution in [1.82, 2.24) is 20.3 Å². The van der Waals surface area contributed by atoms with E-state index < -0.39 is 0 Å². The maximum absolute atomic E-state index is 4.90. The van der Waals surface area contributed by atoms with Crippen molar-refractivity contribution in [1.29, 1.82) is 0 Å². The van der Waals surface area contributed by atoms with E-state index >= 15 is 0 Å². The van der Waals surface area contributed by atoms with E-state index in [0.717, 1.165) is 50.9 Å². The highest BCUT2D eigenvalue weighted by molar-refractivity contribution is 14.0. The molecule has 2 aromatic rings. The second-order valence-corrected chi connectivity index (χ2v) is 7.08. The Morgan fingerprint density at radius 3 is 2.76 bits per heavy atom. The minimum absolute atomic E-state index is 0. The van der Waals surface area contributed by atoms with Gasteiger partial charge in [-0.2, -0.15) is 0 Å². The summed E-state index contributed by atoms with van der Waals surface area (Å²) in [5.41, 5.74) is 0.996. The van der Waals surface area contributed by atoms with Crippen LogP contribution in [0.3, 0.4) is 0 Å². The summed E-state index contributed by atoms with van der Waals surface area (Å²) < 4.78 is 4.90. The first kappa shape index (κ1) is 20.2. The monoisotopic (exact) mass is 475 g/mol. The van der Waals surface area contributed by atoms with Gasteiger partial charge in [-0.25, -0.2) is 0 Å². The molecule has 0 aliphatic carbocycles. The number of halogens is 1. The van der Waals surface area contributed by atoms with Crippen LogP contribution in [0.1, 0.15) is 23.4 Å². The van der Waals surface area contributed by atoms with Gasteiger partial charge in [-0.1, -0.05) is 18.1 Å². The topological polar surface area (TPSA) is 56.9 Å². The summed E-state index contributed by atoms with van der Waals surface area (Å²) in [7, 11) is 1.86. The molecular formula is C17H26IN5OS. The van der Waals surface area contributed by atoms with Gasteiger partial charge in [0, 0.05) is 63.2 Å². The van der Waals surface area contributed by atoms with E-state index in [0.29, 0.717) is 5.92 Å². The fourth-order valence-electron chi connectivity index (χ4n) is 2.91. The van der Waals surface area contributed by atoms with Gasteiger partial charge >= 0.3 is 0 Å². The predicted molar refractivity (Wildman–Crippen MR) is 113 cm³/mol. The molecule has 8 heteroatoms. The Morgan fingerprint density at radius 1 is 1.36 bits per heavy atom. The summed E-state index contributed by atoms with van der Waals surface area (Å²) in [6, 6.07) is 6.24. The van der Waals surface area contributed by atoms with Crippen LogP contribution in [0.2, 0.25) is 0 Å². The SMILES string of the molecule is CN=C(NCC(C)c1cccs1)N1CCN(Cc2ccon2)CC1.I. The lowest BCUT2D eigenvalue weighted by atomic mass is 10.1. The molecule has 3 rings (SSSR count). The Balaban J connectivity index is 0.00000225. The van der Waals surface area contributed by atoms with Gasteiger partial charge < -0.3 is 14.7 Å². The summed E-state index contributed by atoms with van der Waals surface area (Å²) >= 11 is 1.81. The van der Waals surface area contributed by atoms with E-state index in [1.807, 2.05) is 24.5 Å². The maximum Gasteiger partial charge on any atom is 0.193 e. The Labute approximate surface area is 170 Å². The highest BCUT2D eigenvalue weighted by Crippen LogP contribution is 2.19. The zero-order valence-corrected chi connectivity index (χ0v) is 17.9. The Hall–Kier alpha value is -1.13. The van der Waals surface area contributed by atoms with Gasteiger partial charge in [-0.15, -0.1) is 35.3 Å². The van der Waals surface area contributed by atoms with Gasteiger partial charge in [0.1, 0.15) is 6.26 Å². The largest absolute Gasteiger partial charge is 0.364 e. The average molecular weight is 475 g/mol. The van der Waals surface area contributed by atoms with Gasteiger partial charge in [0.25, 0.3) is 0 Å². The zero-order valence-electron chi connectivity index (χ0n) is 14.7. The molecule has 1 unspecified atom stereocenters. The van der Waals surface area contributed by atoms with Crippen molar-refractivity contribution in [2.24, 2.45) is 4.99 Å². The number of hydrogen-bond donors (Lipinski definition) is 1. The molecule has 0 radical (unpaired) electrons. The molecule has 1 N–H and O–H groups in total. The van der Waals surface area contributed by atoms with Crippen molar-refractivity contribution < 1.29 is 4.52 Å². The first-order chi connectivity index (χ1) is 11.8. The van der Waals surface area contributed by atoms with Crippen LogP contribution >= 0.6 is 35.3 Å². The van der Waals surface area contributed by atoms with Crippen LogP contribution in [-0.4, -0.2) is 60.7 Å². The summed E-state index contributed by atoms with van der Waals surface area (Å²) in [5.74, 6) is 1.50. The van der Waals surface area contributed by atoms with E-state index in [1.54, 1.807) is 6.26 Å². The molecule has 0 spiro atoms. The third kappa shape index (κ3) is 5.68. The number of nitrogens with zero attached hydrogens (tertiary/aromatic N) is 4. The molecule has 0 saturated carbocycles. The molecule has 1 saturated heterocycles. The molecule has 1 atom stereocenters. The molecule has 2 aromatic heterocycles. The zero-order chi connectivity index (χ0) is 16.8. The van der Waals surface area contributed by atoms with Crippen LogP contribution in [0.15, 0.2) is 39.4 Å². The van der Waals surface area contributed by atoms with E-state index in [1.165, 1.54) is 4.88 Å². The Morgan fingerprint density at radius 2 is 2.16 bits per heavy atom. The molecule has 1 aliphatic rings. The standard InChI is InChI=1S/C17H25N5OS.HI/c1-14(16-4-3-11-24-16)12-19-17(18-2)22-8-6-21(7-9-22)13-15-5-10-23-20-15;/h3-5,10-11,14H,6-9,12-13H2,1-2H3,(H,18,19);1H. The molecule has 0 aromatic carbocycles. The lowest BCUT2D eigenvalue weighted by Crippen LogP contribution is -2.52. The van der Waals surface area contributed by atoms with Crippen LogP contribution in [0.5, 0.6) is 0 Å². The van der Waals surface area contributed by atoms with E-state index in [2.05, 4.69) is 49.7 Å². The van der Waals surface area contributed by atoms with Gasteiger partial charge in [0.2, 0.25) is 0 Å². The third-order valence-electron chi connectivity index (χ3n) is 4.36. The molecule has 6 nitrogen and oxygen atoms in total. The van der Waals surface area contributed by atoms with Crippen LogP contribution in [0.4, 0.5) is 0 Å². The molecule has 0 amide bonds. The van der Waals surface area contributed by atoms with Crippen LogP contribution < -0.4 is 5.32 Å². The number of hydrogen-bond acceptors (Lipinski definition) is 5. The van der Waals surface area contributed by atoms with Crippen molar-refractivity contribution in [2.75, 3.05) is 39.8 Å². The Bertz CT molecular complexity index is 624. The second kappa shape index (κ2) is 10.1. The van der Waals surface area contributed by atoms with Crippen molar-refractivity contribution in [3.8, 4) is 0 Å². The lowest BCUT2D eigenvalue weighted by Gasteiger charge is -2.36. The smallest absolute Gasteiger partial charge is 0.193 e. The second-order valence-electron chi connectivity index (χ2n) is 6.10. The molecule has 1 aliphatic heterocycles. The van der Waals surface area contributed by atoms with Crippen molar-refractivity contribution >= 4 is 41.3 Å². The third-order valence-corrected chi connectivity index (χ3v) is 5.46. The number of guanidine groups is 1. The number of piperazine rings is 1. The number of aromatic nitrogens is 1. The minimum atomic E-state index is 0. The summed E-state index contributed by atoms with van der Waals surface area (Å²) in [6.45, 7) is 7.98. The summed E-state index contributed by atoms with van der Waals surface area (Å²) in [4.78, 5) is 10.6. The summed E-state index contributed by atoms with van der Waals surface area (Å²) in [6.07, 6.45) is 1.63. The van der Waals surface area contributed by atoms with Crippen molar-refractivity contribution in [3.05, 3.63) is 40.4 Å². The minimum Gasteiger partial charge on any atom is -0.364 e. The fourth-order valence-corrected chi connectivity index (χ4v) is 3.70. The van der Waals surface area contributed by atoms with Gasteiger partial charge in [0.05, 0.1) is 5.69 Å². The molecule has 1 fully saturated rings. The first-order valence-corrected chi connectivity index (χ1v) is 9.25. The number of rotatable bonds is 5. The van der Waals surface area contributed by atoms with E-state index in [9.17, 15) is 0 Å². The number of nitrogens with one attached hydrogen (secondary N) is 1. The average Bonchev–Trinajstić information content (AvgIpc) is 3.30. The molecular weight excluding hydrogens is 449 g/mol. The van der Waals surface area contributed by atoms with E-state index in [4.69, 9.17) is 4.52 Å². The van der Waals surface area contributed by atoms with Crippen molar-refractivity contribution in [3.63, 3.8) is 0 Å². The van der Waals surface area contributed by atoms with Crippen LogP contribution in [0, 0.1) is 0 Å². The number of thiophene rings is 1. The van der Waals surface area contributed by atoms with Crippen molar-refractivity contribution in [2.45, 2.75) is 19.4 Å². The lowest BCUT2D eigenvalue weighted by molar-refractivity contribution is 0.169. The normalized spacial score (nSPS) is 17.2. The first-order valence-electron chi connectivity index (χ1n) is 8.37. The van der Waals surface area contributed by atoms with Crippen LogP contribution in [0.25, 0.3) is 0 Å². The Kier molecular flexibility index (Phi) is 8.17. The molecule has 0 bridgehead atoms. The van der Waals surface area contributed by atoms with Gasteiger partial charge in [-0.3, -0.25) is 9.89 Å². The summed E-state index contributed by atoms with van der Waals surface area (Å²) in [5, 5.41) is 9.65. The molecule has 25 heavy (non-hydrogen) atoms. The number of aliphatic imine (C=N–C) groups is 1. The highest BCUT2D eigenvalue weighted by atomic mass is 127. The van der Waals surface area contributed by atoms with Crippen LogP contribution in [-0.2, 0) is 6.54 Å². The van der Waals surface area contributed by atoms with E-state index in [-0.39, 0.29) is 24.0 Å². The highest BCUT2D eigenvalue weighted by Gasteiger charge is 2.20.